The van der Waals surface area contributed by atoms with Gasteiger partial charge >= 0.3 is 0 Å². The molecule has 20 heavy (non-hydrogen) atoms. The van der Waals surface area contributed by atoms with Crippen molar-refractivity contribution in [1.82, 2.24) is 4.90 Å². The first-order valence-electron chi connectivity index (χ1n) is 7.32. The zero-order valence-corrected chi connectivity index (χ0v) is 12.0. The van der Waals surface area contributed by atoms with Gasteiger partial charge in [-0.2, -0.15) is 0 Å². The molecule has 0 radical (unpaired) electrons. The zero-order valence-electron chi connectivity index (χ0n) is 12.0. The van der Waals surface area contributed by atoms with Crippen LogP contribution in [0.4, 0.5) is 0 Å². The summed E-state index contributed by atoms with van der Waals surface area (Å²) in [5, 5.41) is 2.47. The van der Waals surface area contributed by atoms with Crippen molar-refractivity contribution in [3.05, 3.63) is 42.5 Å². The van der Waals surface area contributed by atoms with Gasteiger partial charge < -0.3 is 10.5 Å². The van der Waals surface area contributed by atoms with Crippen molar-refractivity contribution in [2.45, 2.75) is 13.0 Å². The molecule has 3 rings (SSSR count). The average molecular weight is 270 g/mol. The van der Waals surface area contributed by atoms with E-state index < -0.39 is 0 Å². The molecule has 0 bridgehead atoms. The van der Waals surface area contributed by atoms with Crippen molar-refractivity contribution >= 4 is 10.8 Å². The zero-order chi connectivity index (χ0) is 13.9. The molecule has 1 fully saturated rings. The maximum atomic E-state index is 6.03. The van der Waals surface area contributed by atoms with Crippen LogP contribution in [0, 0.1) is 5.92 Å². The van der Waals surface area contributed by atoms with Gasteiger partial charge in [0.15, 0.2) is 0 Å². The molecule has 0 aliphatic carbocycles. The normalized spacial score (nSPS) is 23.3. The van der Waals surface area contributed by atoms with Crippen LogP contribution in [0.25, 0.3) is 10.8 Å². The number of likely N-dealkylation sites (tertiary alicyclic amines) is 1. The molecular weight excluding hydrogens is 248 g/mol. The summed E-state index contributed by atoms with van der Waals surface area (Å²) in [6, 6.07) is 14.9. The molecule has 0 saturated carbocycles. The van der Waals surface area contributed by atoms with Crippen molar-refractivity contribution < 1.29 is 4.74 Å². The molecule has 3 heteroatoms. The number of ether oxygens (including phenoxy) is 1. The quantitative estimate of drug-likeness (QED) is 0.927. The SMILES string of the molecule is CC1CN(CCOc2ccc3ccccc3c2)CC1N. The van der Waals surface area contributed by atoms with Gasteiger partial charge in [-0.05, 0) is 28.8 Å². The third-order valence-electron chi connectivity index (χ3n) is 4.14. The van der Waals surface area contributed by atoms with Crippen LogP contribution in [0.2, 0.25) is 0 Å². The first-order chi connectivity index (χ1) is 9.72. The summed E-state index contributed by atoms with van der Waals surface area (Å²) in [4.78, 5) is 2.39. The van der Waals surface area contributed by atoms with E-state index in [1.807, 2.05) is 6.07 Å². The fourth-order valence-corrected chi connectivity index (χ4v) is 2.83. The topological polar surface area (TPSA) is 38.5 Å². The number of hydrogen-bond acceptors (Lipinski definition) is 3. The average Bonchev–Trinajstić information content (AvgIpc) is 2.77. The second kappa shape index (κ2) is 5.81. The lowest BCUT2D eigenvalue weighted by Crippen LogP contribution is -2.30. The largest absolute Gasteiger partial charge is 0.492 e. The van der Waals surface area contributed by atoms with Crippen LogP contribution in [0.1, 0.15) is 6.92 Å². The summed E-state index contributed by atoms with van der Waals surface area (Å²) in [5.41, 5.74) is 6.03. The fraction of sp³-hybridized carbons (Fsp3) is 0.412. The van der Waals surface area contributed by atoms with E-state index in [9.17, 15) is 0 Å². The van der Waals surface area contributed by atoms with Crippen LogP contribution in [-0.4, -0.2) is 37.2 Å². The highest BCUT2D eigenvalue weighted by Crippen LogP contribution is 2.20. The number of nitrogens with zero attached hydrogens (tertiary/aromatic N) is 1. The molecule has 2 N–H and O–H groups in total. The van der Waals surface area contributed by atoms with Crippen molar-refractivity contribution in [3.63, 3.8) is 0 Å². The summed E-state index contributed by atoms with van der Waals surface area (Å²) in [5.74, 6) is 1.54. The monoisotopic (exact) mass is 270 g/mol. The van der Waals surface area contributed by atoms with Crippen LogP contribution in [-0.2, 0) is 0 Å². The first-order valence-corrected chi connectivity index (χ1v) is 7.32. The van der Waals surface area contributed by atoms with Crippen molar-refractivity contribution in [2.75, 3.05) is 26.2 Å². The lowest BCUT2D eigenvalue weighted by Gasteiger charge is -2.15. The Hall–Kier alpha value is -1.58. The molecule has 0 aromatic heterocycles. The number of rotatable bonds is 4. The van der Waals surface area contributed by atoms with Crippen LogP contribution in [0.5, 0.6) is 5.75 Å². The number of benzene rings is 2. The summed E-state index contributed by atoms with van der Waals surface area (Å²) < 4.78 is 5.86. The molecule has 0 spiro atoms. The Morgan fingerprint density at radius 1 is 1.15 bits per heavy atom. The van der Waals surface area contributed by atoms with Gasteiger partial charge in [0.1, 0.15) is 12.4 Å². The minimum absolute atomic E-state index is 0.315. The van der Waals surface area contributed by atoms with Gasteiger partial charge in [-0.1, -0.05) is 37.3 Å². The van der Waals surface area contributed by atoms with E-state index in [1.165, 1.54) is 10.8 Å². The Balaban J connectivity index is 1.55. The van der Waals surface area contributed by atoms with Gasteiger partial charge in [0.05, 0.1) is 0 Å². The summed E-state index contributed by atoms with van der Waals surface area (Å²) in [7, 11) is 0. The lowest BCUT2D eigenvalue weighted by atomic mass is 10.1. The molecule has 2 aromatic rings. The van der Waals surface area contributed by atoms with E-state index in [4.69, 9.17) is 10.5 Å². The molecule has 1 saturated heterocycles. The van der Waals surface area contributed by atoms with Crippen LogP contribution >= 0.6 is 0 Å². The maximum Gasteiger partial charge on any atom is 0.120 e. The molecule has 1 aliphatic heterocycles. The van der Waals surface area contributed by atoms with Crippen molar-refractivity contribution in [1.29, 1.82) is 0 Å². The molecule has 3 nitrogen and oxygen atoms in total. The van der Waals surface area contributed by atoms with Crippen LogP contribution in [0.15, 0.2) is 42.5 Å². The molecule has 2 aromatic carbocycles. The van der Waals surface area contributed by atoms with Crippen molar-refractivity contribution in [3.8, 4) is 5.75 Å². The van der Waals surface area contributed by atoms with Gasteiger partial charge in [0, 0.05) is 25.7 Å². The molecular formula is C17H22N2O. The number of hydrogen-bond donors (Lipinski definition) is 1. The second-order valence-corrected chi connectivity index (χ2v) is 5.76. The van der Waals surface area contributed by atoms with E-state index in [0.29, 0.717) is 12.0 Å². The highest BCUT2D eigenvalue weighted by molar-refractivity contribution is 5.83. The number of fused-ring (bicyclic) bond motifs is 1. The summed E-state index contributed by atoms with van der Waals surface area (Å²) in [6.07, 6.45) is 0. The van der Waals surface area contributed by atoms with Crippen molar-refractivity contribution in [2.24, 2.45) is 11.7 Å². The predicted molar refractivity (Wildman–Crippen MR) is 83.0 cm³/mol. The highest BCUT2D eigenvalue weighted by Gasteiger charge is 2.25. The van der Waals surface area contributed by atoms with Gasteiger partial charge in [-0.25, -0.2) is 0 Å². The Bertz CT molecular complexity index is 574. The lowest BCUT2D eigenvalue weighted by molar-refractivity contribution is 0.233. The Morgan fingerprint density at radius 3 is 2.70 bits per heavy atom. The smallest absolute Gasteiger partial charge is 0.120 e. The Labute approximate surface area is 120 Å². The van der Waals surface area contributed by atoms with E-state index >= 15 is 0 Å². The standard InChI is InChI=1S/C17H22N2O/c1-13-11-19(12-17(13)18)8-9-20-16-7-6-14-4-2-3-5-15(14)10-16/h2-7,10,13,17H,8-9,11-12,18H2,1H3. The summed E-state index contributed by atoms with van der Waals surface area (Å²) >= 11 is 0. The third kappa shape index (κ3) is 2.94. The third-order valence-corrected chi connectivity index (χ3v) is 4.14. The molecule has 0 amide bonds. The van der Waals surface area contributed by atoms with Crippen LogP contribution < -0.4 is 10.5 Å². The minimum Gasteiger partial charge on any atom is -0.492 e. The predicted octanol–water partition coefficient (Wildman–Crippen LogP) is 2.50. The molecule has 1 aliphatic rings. The highest BCUT2D eigenvalue weighted by atomic mass is 16.5. The van der Waals surface area contributed by atoms with E-state index in [2.05, 4.69) is 48.2 Å². The second-order valence-electron chi connectivity index (χ2n) is 5.76. The molecule has 2 atom stereocenters. The fourth-order valence-electron chi connectivity index (χ4n) is 2.83. The number of nitrogens with two attached hydrogens (primary N) is 1. The molecule has 1 heterocycles. The first kappa shape index (κ1) is 13.4. The summed E-state index contributed by atoms with van der Waals surface area (Å²) in [6.45, 7) is 5.96. The van der Waals surface area contributed by atoms with Gasteiger partial charge in [0.2, 0.25) is 0 Å². The van der Waals surface area contributed by atoms with Crippen LogP contribution in [0.3, 0.4) is 0 Å². The van der Waals surface area contributed by atoms with E-state index in [-0.39, 0.29) is 0 Å². The minimum atomic E-state index is 0.315. The van der Waals surface area contributed by atoms with E-state index in [0.717, 1.165) is 32.0 Å². The Kier molecular flexibility index (Phi) is 3.90. The molecule has 2 unspecified atom stereocenters. The van der Waals surface area contributed by atoms with Gasteiger partial charge in [0.25, 0.3) is 0 Å². The Morgan fingerprint density at radius 2 is 1.95 bits per heavy atom. The van der Waals surface area contributed by atoms with Gasteiger partial charge in [-0.15, -0.1) is 0 Å². The van der Waals surface area contributed by atoms with Gasteiger partial charge in [-0.3, -0.25) is 4.90 Å². The molecule has 106 valence electrons. The van der Waals surface area contributed by atoms with E-state index in [1.54, 1.807) is 0 Å². The maximum absolute atomic E-state index is 6.03.